The van der Waals surface area contributed by atoms with E-state index in [0.717, 1.165) is 47.4 Å². The van der Waals surface area contributed by atoms with Gasteiger partial charge in [-0.1, -0.05) is 0 Å². The van der Waals surface area contributed by atoms with Crippen molar-refractivity contribution in [3.05, 3.63) is 29.1 Å². The lowest BCUT2D eigenvalue weighted by Gasteiger charge is -2.04. The number of aryl methyl sites for hydroxylation is 1. The summed E-state index contributed by atoms with van der Waals surface area (Å²) in [7, 11) is 0. The molecule has 0 atom stereocenters. The number of nitrogens with zero attached hydrogens (tertiary/aromatic N) is 2. The van der Waals surface area contributed by atoms with Crippen molar-refractivity contribution < 1.29 is 4.74 Å². The normalized spacial score (nSPS) is 14.1. The minimum absolute atomic E-state index is 0.686. The van der Waals surface area contributed by atoms with E-state index in [1.807, 2.05) is 19.1 Å². The Bertz CT molecular complexity index is 646. The topological polar surface area (TPSA) is 46.5 Å². The Labute approximate surface area is 128 Å². The Morgan fingerprint density at radius 1 is 1.29 bits per heavy atom. The molecular formula is C16H19N3OS. The van der Waals surface area contributed by atoms with Gasteiger partial charge >= 0.3 is 0 Å². The summed E-state index contributed by atoms with van der Waals surface area (Å²) in [6, 6.07) is 8.10. The van der Waals surface area contributed by atoms with E-state index in [0.29, 0.717) is 6.61 Å². The fourth-order valence-corrected chi connectivity index (χ4v) is 3.21. The van der Waals surface area contributed by atoms with Crippen LogP contribution >= 0.6 is 11.3 Å². The van der Waals surface area contributed by atoms with Crippen LogP contribution in [0, 0.1) is 6.92 Å². The molecular weight excluding hydrogens is 282 g/mol. The third-order valence-corrected chi connectivity index (χ3v) is 4.25. The molecule has 1 aromatic heterocycles. The Morgan fingerprint density at radius 3 is 2.76 bits per heavy atom. The van der Waals surface area contributed by atoms with Crippen molar-refractivity contribution in [1.29, 1.82) is 0 Å². The fourth-order valence-electron chi connectivity index (χ4n) is 2.36. The van der Waals surface area contributed by atoms with Crippen LogP contribution in [0.15, 0.2) is 29.3 Å². The van der Waals surface area contributed by atoms with Crippen molar-refractivity contribution in [2.75, 3.05) is 18.5 Å². The van der Waals surface area contributed by atoms with Crippen molar-refractivity contribution in [2.45, 2.75) is 26.7 Å². The van der Waals surface area contributed by atoms with E-state index in [1.54, 1.807) is 11.3 Å². The van der Waals surface area contributed by atoms with E-state index < -0.39 is 0 Å². The lowest BCUT2D eigenvalue weighted by atomic mass is 10.1. The van der Waals surface area contributed by atoms with Crippen LogP contribution in [-0.2, 0) is 0 Å². The van der Waals surface area contributed by atoms with Gasteiger partial charge in [0.05, 0.1) is 12.3 Å². The highest BCUT2D eigenvalue weighted by molar-refractivity contribution is 7.16. The number of hydrogen-bond acceptors (Lipinski definition) is 5. The zero-order valence-electron chi connectivity index (χ0n) is 12.3. The second kappa shape index (κ2) is 6.26. The summed E-state index contributed by atoms with van der Waals surface area (Å²) in [5, 5.41) is 4.26. The number of hydrogen-bond donors (Lipinski definition) is 1. The van der Waals surface area contributed by atoms with Gasteiger partial charge in [-0.05, 0) is 44.5 Å². The molecule has 5 heteroatoms. The maximum Gasteiger partial charge on any atom is 0.188 e. The molecule has 21 heavy (non-hydrogen) atoms. The number of aliphatic imine (C=N–C) groups is 1. The number of amidine groups is 1. The smallest absolute Gasteiger partial charge is 0.188 e. The minimum Gasteiger partial charge on any atom is -0.494 e. The average molecular weight is 301 g/mol. The first kappa shape index (κ1) is 14.1. The number of benzene rings is 1. The van der Waals surface area contributed by atoms with Gasteiger partial charge in [-0.15, -0.1) is 11.3 Å². The zero-order chi connectivity index (χ0) is 14.7. The number of anilines is 1. The summed E-state index contributed by atoms with van der Waals surface area (Å²) in [5.74, 6) is 1.95. The molecule has 0 aliphatic carbocycles. The summed E-state index contributed by atoms with van der Waals surface area (Å²) in [4.78, 5) is 10.3. The van der Waals surface area contributed by atoms with E-state index in [1.165, 1.54) is 4.88 Å². The summed E-state index contributed by atoms with van der Waals surface area (Å²) < 4.78 is 5.47. The molecule has 1 aromatic carbocycles. The first-order valence-electron chi connectivity index (χ1n) is 7.27. The standard InChI is InChI=1S/C16H19N3OS/c1-3-20-13-8-6-12(7-9-13)15-11(2)21-16(19-15)18-14-5-4-10-17-14/h6-9H,3-5,10H2,1-2H3,(H,17,18,19). The van der Waals surface area contributed by atoms with Gasteiger partial charge < -0.3 is 10.1 Å². The maximum atomic E-state index is 5.47. The molecule has 1 N–H and O–H groups in total. The van der Waals surface area contributed by atoms with Gasteiger partial charge in [0.1, 0.15) is 11.6 Å². The Kier molecular flexibility index (Phi) is 4.20. The number of thiazole rings is 1. The highest BCUT2D eigenvalue weighted by Gasteiger charge is 2.13. The molecule has 1 aliphatic heterocycles. The van der Waals surface area contributed by atoms with Crippen LogP contribution in [0.3, 0.4) is 0 Å². The number of nitrogens with one attached hydrogen (secondary N) is 1. The first-order valence-corrected chi connectivity index (χ1v) is 8.09. The van der Waals surface area contributed by atoms with Crippen molar-refractivity contribution in [2.24, 2.45) is 4.99 Å². The number of rotatable bonds is 4. The predicted octanol–water partition coefficient (Wildman–Crippen LogP) is 4.12. The highest BCUT2D eigenvalue weighted by atomic mass is 32.1. The minimum atomic E-state index is 0.686. The fraction of sp³-hybridized carbons (Fsp3) is 0.375. The van der Waals surface area contributed by atoms with Crippen LogP contribution in [0.5, 0.6) is 5.75 Å². The van der Waals surface area contributed by atoms with E-state index >= 15 is 0 Å². The monoisotopic (exact) mass is 301 g/mol. The van der Waals surface area contributed by atoms with Crippen LogP contribution in [0.25, 0.3) is 11.3 Å². The molecule has 0 bridgehead atoms. The Morgan fingerprint density at radius 2 is 2.10 bits per heavy atom. The summed E-state index contributed by atoms with van der Waals surface area (Å²) in [6.45, 7) is 5.71. The maximum absolute atomic E-state index is 5.47. The van der Waals surface area contributed by atoms with Crippen LogP contribution in [0.2, 0.25) is 0 Å². The molecule has 0 fully saturated rings. The Balaban J connectivity index is 1.79. The van der Waals surface area contributed by atoms with Gasteiger partial charge in [0, 0.05) is 23.4 Å². The number of ether oxygens (including phenoxy) is 1. The summed E-state index contributed by atoms with van der Waals surface area (Å²) in [5.41, 5.74) is 2.15. The summed E-state index contributed by atoms with van der Waals surface area (Å²) in [6.07, 6.45) is 2.16. The van der Waals surface area contributed by atoms with Crippen molar-refractivity contribution in [1.82, 2.24) is 4.98 Å². The quantitative estimate of drug-likeness (QED) is 0.924. The first-order chi connectivity index (χ1) is 10.3. The second-order valence-electron chi connectivity index (χ2n) is 4.94. The lowest BCUT2D eigenvalue weighted by molar-refractivity contribution is 0.340. The summed E-state index contributed by atoms with van der Waals surface area (Å²) >= 11 is 1.68. The molecule has 0 radical (unpaired) electrons. The zero-order valence-corrected chi connectivity index (χ0v) is 13.2. The molecule has 0 saturated heterocycles. The predicted molar refractivity (Wildman–Crippen MR) is 88.6 cm³/mol. The SMILES string of the molecule is CCOc1ccc(-c2nc(NC3=NCCC3)sc2C)cc1. The Hall–Kier alpha value is -1.88. The van der Waals surface area contributed by atoms with E-state index in [9.17, 15) is 0 Å². The third kappa shape index (κ3) is 3.24. The van der Waals surface area contributed by atoms with E-state index in [-0.39, 0.29) is 0 Å². The van der Waals surface area contributed by atoms with Crippen LogP contribution < -0.4 is 10.1 Å². The van der Waals surface area contributed by atoms with Crippen LogP contribution in [-0.4, -0.2) is 24.0 Å². The molecule has 0 amide bonds. The molecule has 1 aliphatic rings. The third-order valence-electron chi connectivity index (χ3n) is 3.36. The molecule has 4 nitrogen and oxygen atoms in total. The van der Waals surface area contributed by atoms with E-state index in [4.69, 9.17) is 9.72 Å². The molecule has 0 unspecified atom stereocenters. The van der Waals surface area contributed by atoms with Gasteiger partial charge in [-0.25, -0.2) is 4.98 Å². The average Bonchev–Trinajstić information content (AvgIpc) is 3.11. The molecule has 0 spiro atoms. The molecule has 2 heterocycles. The number of aromatic nitrogens is 1. The van der Waals surface area contributed by atoms with Crippen molar-refractivity contribution in [3.8, 4) is 17.0 Å². The van der Waals surface area contributed by atoms with Gasteiger partial charge in [-0.2, -0.15) is 0 Å². The van der Waals surface area contributed by atoms with Gasteiger partial charge in [0.2, 0.25) is 0 Å². The molecule has 110 valence electrons. The molecule has 0 saturated carbocycles. The van der Waals surface area contributed by atoms with Gasteiger partial charge in [-0.3, -0.25) is 4.99 Å². The van der Waals surface area contributed by atoms with Crippen LogP contribution in [0.1, 0.15) is 24.6 Å². The van der Waals surface area contributed by atoms with E-state index in [2.05, 4.69) is 29.4 Å². The molecule has 3 rings (SSSR count). The van der Waals surface area contributed by atoms with Gasteiger partial charge in [0.15, 0.2) is 5.13 Å². The van der Waals surface area contributed by atoms with Crippen molar-refractivity contribution >= 4 is 22.3 Å². The largest absolute Gasteiger partial charge is 0.494 e. The lowest BCUT2D eigenvalue weighted by Crippen LogP contribution is -2.07. The van der Waals surface area contributed by atoms with Crippen LogP contribution in [0.4, 0.5) is 5.13 Å². The highest BCUT2D eigenvalue weighted by Crippen LogP contribution is 2.31. The second-order valence-corrected chi connectivity index (χ2v) is 6.14. The van der Waals surface area contributed by atoms with Gasteiger partial charge in [0.25, 0.3) is 0 Å². The molecule has 2 aromatic rings. The van der Waals surface area contributed by atoms with Crippen molar-refractivity contribution in [3.63, 3.8) is 0 Å².